The third kappa shape index (κ3) is 27.0. The van der Waals surface area contributed by atoms with Gasteiger partial charge in [-0.2, -0.15) is 0 Å². The standard InChI is InChI=1S/C113H132O34/c1-69-90-96(114-2)102(120-8)108(136-69)143-91-85(64-131-80-49-39-75(40-50-80)126-59-70-29-19-14-20-30-70)138-110(104(122-10)97(91)115-3)145-93-87(66-133-82-53-43-77(44-54-82)128-61-72-33-23-16-24-34-72)140-112(106(124-12)99(93)117-5)147-95-89(68-135-84-57-47-79(48-58-84)130-63-74-37-27-18-28-38-74)141-113(107(125-13)101(95)119-7)146-94-88(67-134-83-55-45-78(46-56-83)129-62-73-35-25-17-26-36-73)139-111(105(123-11)100(94)118-6)144-92-86(137-109(142-90)103(121-9)98(92)116-4)65-132-81-51-41-76(42-52-81)127-60-71-31-21-15-22-32-71/h14-58,85-113H,1,59-68H2,2-13H3/t85-,86-,87-,88-,89-,90-,91-,92-,93-,94-,95-,96+,97+,98+,99+,100+,101+,102-,103-,104-,105-,106-,107-,108-,109-,110-,111-,112-,113-/m1/s1. The van der Waals surface area contributed by atoms with Crippen LogP contribution in [0.1, 0.15) is 27.8 Å². The smallest absolute Gasteiger partial charge is 0.229 e. The van der Waals surface area contributed by atoms with Crippen molar-refractivity contribution < 1.29 is 161 Å². The summed E-state index contributed by atoms with van der Waals surface area (Å²) < 4.78 is 233. The van der Waals surface area contributed by atoms with Gasteiger partial charge in [0, 0.05) is 85.3 Å². The van der Waals surface area contributed by atoms with E-state index in [1.165, 1.54) is 85.3 Å². The number of hydrogen-bond acceptors (Lipinski definition) is 34. The van der Waals surface area contributed by atoms with Gasteiger partial charge in [0.1, 0.15) is 270 Å². The van der Waals surface area contributed by atoms with Gasteiger partial charge in [0.25, 0.3) is 0 Å². The molecule has 22 fully saturated rings. The van der Waals surface area contributed by atoms with Gasteiger partial charge in [-0.15, -0.1) is 0 Å². The average molecular weight is 2030 g/mol. The lowest BCUT2D eigenvalue weighted by Gasteiger charge is -2.53. The molecule has 788 valence electrons. The highest BCUT2D eigenvalue weighted by Gasteiger charge is 2.62. The molecular formula is C113H132O34. The molecule has 0 amide bonds. The fourth-order valence-corrected chi connectivity index (χ4v) is 19.2. The fourth-order valence-electron chi connectivity index (χ4n) is 19.2. The molecule has 0 spiro atoms. The molecule has 22 aliphatic rings. The van der Waals surface area contributed by atoms with E-state index in [-0.39, 0.29) is 38.8 Å². The third-order valence-electron chi connectivity index (χ3n) is 26.9. The molecule has 0 radical (unpaired) electrons. The van der Waals surface area contributed by atoms with Crippen LogP contribution in [0.2, 0.25) is 0 Å². The van der Waals surface area contributed by atoms with Crippen LogP contribution in [0.5, 0.6) is 57.5 Å². The molecule has 29 atom stereocenters. The van der Waals surface area contributed by atoms with Gasteiger partial charge in [-0.25, -0.2) is 0 Å². The first-order chi connectivity index (χ1) is 72.2. The summed E-state index contributed by atoms with van der Waals surface area (Å²) in [7, 11) is 18.1. The van der Waals surface area contributed by atoms with Gasteiger partial charge >= 0.3 is 0 Å². The normalized spacial score (nSPS) is 30.3. The van der Waals surface area contributed by atoms with E-state index >= 15 is 0 Å². The molecule has 22 aliphatic heterocycles. The maximum atomic E-state index is 7.55. The van der Waals surface area contributed by atoms with E-state index in [4.69, 9.17) is 161 Å². The SMILES string of the molecule is C=C1O[C@@H]2O[C@H]3[C@H](OC)[C@@H](OC)[C@@H](O[C@H]4[C@H](OC)[C@@H](OC)[C@@H](O[C@H]5[C@H](OC)[C@@H](OC)[C@@H](O[C@H]6[C@H](OC)[C@@H](OC)[C@@H](O[C@H]7[C@H](OC)[C@@H](OC)[C@@H](O[C@H]1[C@H](OC)[C@H]2OC)O[C@@H]7COc1ccc(OCc2ccccc2)cc1)O[C@@H]6COc1ccc(OCc2ccccc2)cc1)O[C@@H]5COc1ccc(OCc2ccccc2)cc1)O[C@@H]4COc1ccc(OCc2ccccc2)cc1)O[C@@H]3COc1ccc(OCc2ccccc2)cc1. The molecule has 22 heterocycles. The molecule has 22 saturated heterocycles. The maximum Gasteiger partial charge on any atom is 0.229 e. The molecule has 34 nitrogen and oxygen atoms in total. The second-order valence-corrected chi connectivity index (χ2v) is 35.9. The topological polar surface area (TPSA) is 314 Å². The minimum Gasteiger partial charge on any atom is -0.491 e. The Bertz CT molecular complexity index is 5330. The van der Waals surface area contributed by atoms with Crippen molar-refractivity contribution in [1.29, 1.82) is 0 Å². The highest BCUT2D eigenvalue weighted by atomic mass is 16.8. The van der Waals surface area contributed by atoms with Crippen molar-refractivity contribution in [3.05, 3.63) is 313 Å². The van der Waals surface area contributed by atoms with E-state index in [0.29, 0.717) is 90.5 Å². The monoisotopic (exact) mass is 2030 g/mol. The second kappa shape index (κ2) is 53.3. The number of rotatable bonds is 42. The number of benzene rings is 10. The van der Waals surface area contributed by atoms with Gasteiger partial charge < -0.3 is 161 Å². The van der Waals surface area contributed by atoms with E-state index in [0.717, 1.165) is 27.8 Å². The van der Waals surface area contributed by atoms with Crippen molar-refractivity contribution in [2.24, 2.45) is 0 Å². The van der Waals surface area contributed by atoms with Crippen LogP contribution in [0, 0.1) is 0 Å². The quantitative estimate of drug-likeness (QED) is 0.0343. The van der Waals surface area contributed by atoms with Crippen molar-refractivity contribution in [3.63, 3.8) is 0 Å². The predicted octanol–water partition coefficient (Wildman–Crippen LogP) is 14.3. The third-order valence-corrected chi connectivity index (χ3v) is 26.9. The van der Waals surface area contributed by atoms with Crippen molar-refractivity contribution in [3.8, 4) is 57.5 Å². The molecular weight excluding hydrogens is 1900 g/mol. The van der Waals surface area contributed by atoms with Crippen molar-refractivity contribution in [1.82, 2.24) is 0 Å². The van der Waals surface area contributed by atoms with Crippen LogP contribution in [-0.4, -0.2) is 296 Å². The molecule has 0 unspecified atom stereocenters. The van der Waals surface area contributed by atoms with E-state index in [9.17, 15) is 0 Å². The van der Waals surface area contributed by atoms with E-state index in [2.05, 4.69) is 6.58 Å². The van der Waals surface area contributed by atoms with Gasteiger partial charge in [-0.3, -0.25) is 0 Å². The zero-order chi connectivity index (χ0) is 102. The Hall–Kier alpha value is -11.2. The van der Waals surface area contributed by atoms with Crippen LogP contribution >= 0.6 is 0 Å². The molecule has 10 aromatic rings. The first kappa shape index (κ1) is 107. The lowest BCUT2D eigenvalue weighted by molar-refractivity contribution is -0.403. The molecule has 12 bridgehead atoms. The Morgan fingerprint density at radius 3 is 0.524 bits per heavy atom. The molecule has 0 aromatic heterocycles. The van der Waals surface area contributed by atoms with Crippen LogP contribution in [-0.2, 0) is 147 Å². The summed E-state index contributed by atoms with van der Waals surface area (Å²) in [5.74, 6) is 5.20. The lowest BCUT2D eigenvalue weighted by atomic mass is 9.94. The highest BCUT2D eigenvalue weighted by Crippen LogP contribution is 2.45. The van der Waals surface area contributed by atoms with Gasteiger partial charge in [-0.05, 0) is 149 Å². The maximum absolute atomic E-state index is 7.55. The Labute approximate surface area is 856 Å². The van der Waals surface area contributed by atoms with Crippen LogP contribution in [0.3, 0.4) is 0 Å². The summed E-state index contributed by atoms with van der Waals surface area (Å²) >= 11 is 0. The number of ether oxygens (including phenoxy) is 34. The van der Waals surface area contributed by atoms with E-state index in [1.54, 1.807) is 60.7 Å². The first-order valence-corrected chi connectivity index (χ1v) is 49.1. The Balaban J connectivity index is 0.761. The summed E-state index contributed by atoms with van der Waals surface area (Å²) in [6.07, 6.45) is -35.3. The molecule has 0 aliphatic carbocycles. The summed E-state index contributed by atoms with van der Waals surface area (Å²) in [5, 5.41) is 0. The largest absolute Gasteiger partial charge is 0.491 e. The van der Waals surface area contributed by atoms with Gasteiger partial charge in [0.2, 0.25) is 6.29 Å². The van der Waals surface area contributed by atoms with Crippen molar-refractivity contribution in [2.75, 3.05) is 118 Å². The lowest BCUT2D eigenvalue weighted by Crippen LogP contribution is -2.69. The Kier molecular flexibility index (Phi) is 38.8. The fraction of sp³-hybridized carbons (Fsp3) is 0.451. The minimum absolute atomic E-state index is 0.0228. The van der Waals surface area contributed by atoms with Crippen molar-refractivity contribution >= 4 is 0 Å². The van der Waals surface area contributed by atoms with Crippen LogP contribution in [0.4, 0.5) is 0 Å². The van der Waals surface area contributed by atoms with Gasteiger partial charge in [0.15, 0.2) is 31.5 Å². The van der Waals surface area contributed by atoms with Gasteiger partial charge in [0.05, 0.1) is 0 Å². The predicted molar refractivity (Wildman–Crippen MR) is 530 cm³/mol. The average Bonchev–Trinajstić information content (AvgIpc) is 0.757. The molecule has 34 heteroatoms. The van der Waals surface area contributed by atoms with E-state index < -0.39 is 178 Å². The number of hydrogen-bond donors (Lipinski definition) is 0. The zero-order valence-electron chi connectivity index (χ0n) is 84.4. The molecule has 147 heavy (non-hydrogen) atoms. The summed E-state index contributed by atoms with van der Waals surface area (Å²) in [5.41, 5.74) is 4.95. The number of methoxy groups -OCH3 is 12. The van der Waals surface area contributed by atoms with Crippen LogP contribution in [0.15, 0.2) is 285 Å². The molecule has 0 saturated carbocycles. The molecule has 32 rings (SSSR count). The summed E-state index contributed by atoms with van der Waals surface area (Å²) in [6.45, 7) is 5.01. The van der Waals surface area contributed by atoms with Crippen molar-refractivity contribution in [2.45, 2.75) is 211 Å². The second-order valence-electron chi connectivity index (χ2n) is 35.9. The minimum atomic E-state index is -1.42. The summed E-state index contributed by atoms with van der Waals surface area (Å²) in [6, 6.07) is 85.4. The molecule has 10 aromatic carbocycles. The van der Waals surface area contributed by atoms with Crippen LogP contribution < -0.4 is 47.4 Å². The van der Waals surface area contributed by atoms with Gasteiger partial charge in [-0.1, -0.05) is 158 Å². The Morgan fingerprint density at radius 2 is 0.340 bits per heavy atom. The Morgan fingerprint density at radius 1 is 0.177 bits per heavy atom. The van der Waals surface area contributed by atoms with Crippen LogP contribution in [0.25, 0.3) is 0 Å². The highest BCUT2D eigenvalue weighted by molar-refractivity contribution is 5.37. The molecule has 0 N–H and O–H groups in total. The first-order valence-electron chi connectivity index (χ1n) is 49.1. The summed E-state index contributed by atoms with van der Waals surface area (Å²) in [4.78, 5) is 0. The van der Waals surface area contributed by atoms with E-state index in [1.807, 2.05) is 212 Å². The zero-order valence-corrected chi connectivity index (χ0v) is 84.4.